The average Bonchev–Trinajstić information content (AvgIpc) is 3.30. The topological polar surface area (TPSA) is 105 Å². The first-order chi connectivity index (χ1) is 18.8. The highest BCUT2D eigenvalue weighted by Crippen LogP contribution is 2.25. The number of carbonyl (C=O) groups is 2. The van der Waals surface area contributed by atoms with Gasteiger partial charge in [0, 0.05) is 58.5 Å². The Hall–Kier alpha value is -3.24. The lowest BCUT2D eigenvalue weighted by molar-refractivity contribution is -0.135. The van der Waals surface area contributed by atoms with Gasteiger partial charge in [-0.25, -0.2) is 13.4 Å². The predicted octanol–water partition coefficient (Wildman–Crippen LogP) is 3.24. The van der Waals surface area contributed by atoms with Crippen LogP contribution in [0.5, 0.6) is 0 Å². The van der Waals surface area contributed by atoms with Crippen LogP contribution in [-0.2, 0) is 39.6 Å². The Balaban J connectivity index is 1.14. The van der Waals surface area contributed by atoms with Crippen LogP contribution in [-0.4, -0.2) is 65.2 Å². The average molecular weight is 552 g/mol. The molecule has 2 aliphatic rings. The van der Waals surface area contributed by atoms with Crippen molar-refractivity contribution >= 4 is 32.9 Å². The molecule has 0 atom stereocenters. The number of aryl methyl sites for hydroxylation is 2. The maximum atomic E-state index is 13.1. The van der Waals surface area contributed by atoms with Gasteiger partial charge in [0.1, 0.15) is 5.82 Å². The van der Waals surface area contributed by atoms with E-state index >= 15 is 0 Å². The third-order valence-corrected chi connectivity index (χ3v) is 9.88. The molecule has 3 aromatic rings. The fourth-order valence-corrected chi connectivity index (χ4v) is 7.10. The Bertz CT molecular complexity index is 1420. The summed E-state index contributed by atoms with van der Waals surface area (Å²) in [6.45, 7) is 2.78. The smallest absolute Gasteiger partial charge is 0.243 e. The van der Waals surface area contributed by atoms with E-state index in [2.05, 4.69) is 10.3 Å². The van der Waals surface area contributed by atoms with Gasteiger partial charge in [-0.3, -0.25) is 9.59 Å². The van der Waals surface area contributed by atoms with Gasteiger partial charge in [0.15, 0.2) is 0 Å². The molecule has 2 fully saturated rings. The number of likely N-dealkylation sites (tertiary alicyclic amines) is 1. The lowest BCUT2D eigenvalue weighted by atomic mass is 9.95. The SMILES string of the molecule is Cn1c(CCC(=O)N2CCC(C(=O)NCc3ccccc3)CC2)nc2cc(S(=O)(=O)N3CCCCC3)ccc21. The van der Waals surface area contributed by atoms with Crippen LogP contribution in [0.1, 0.15) is 49.9 Å². The number of nitrogens with one attached hydrogen (secondary N) is 1. The molecule has 9 nitrogen and oxygen atoms in total. The van der Waals surface area contributed by atoms with Gasteiger partial charge in [0.25, 0.3) is 0 Å². The largest absolute Gasteiger partial charge is 0.352 e. The molecule has 39 heavy (non-hydrogen) atoms. The highest BCUT2D eigenvalue weighted by molar-refractivity contribution is 7.89. The molecule has 0 bridgehead atoms. The monoisotopic (exact) mass is 551 g/mol. The molecule has 0 aliphatic carbocycles. The van der Waals surface area contributed by atoms with Gasteiger partial charge in [-0.1, -0.05) is 36.8 Å². The summed E-state index contributed by atoms with van der Waals surface area (Å²) in [5, 5.41) is 3.02. The first-order valence-corrected chi connectivity index (χ1v) is 15.3. The summed E-state index contributed by atoms with van der Waals surface area (Å²) in [6, 6.07) is 15.0. The van der Waals surface area contributed by atoms with Gasteiger partial charge in [-0.2, -0.15) is 4.31 Å². The van der Waals surface area contributed by atoms with Gasteiger partial charge >= 0.3 is 0 Å². The number of benzene rings is 2. The second kappa shape index (κ2) is 11.9. The van der Waals surface area contributed by atoms with Crippen molar-refractivity contribution in [3.63, 3.8) is 0 Å². The minimum Gasteiger partial charge on any atom is -0.352 e. The predicted molar refractivity (Wildman–Crippen MR) is 149 cm³/mol. The number of imidazole rings is 1. The van der Waals surface area contributed by atoms with E-state index < -0.39 is 10.0 Å². The van der Waals surface area contributed by atoms with Crippen molar-refractivity contribution in [3.05, 3.63) is 59.9 Å². The van der Waals surface area contributed by atoms with Crippen LogP contribution < -0.4 is 5.32 Å². The Morgan fingerprint density at radius 3 is 2.41 bits per heavy atom. The number of aromatic nitrogens is 2. The fourth-order valence-electron chi connectivity index (χ4n) is 5.57. The highest BCUT2D eigenvalue weighted by Gasteiger charge is 2.28. The van der Waals surface area contributed by atoms with Crippen molar-refractivity contribution in [2.45, 2.75) is 56.4 Å². The van der Waals surface area contributed by atoms with Crippen molar-refractivity contribution < 1.29 is 18.0 Å². The van der Waals surface area contributed by atoms with E-state index in [1.807, 2.05) is 46.8 Å². The number of piperidine rings is 2. The first-order valence-electron chi connectivity index (χ1n) is 13.9. The van der Waals surface area contributed by atoms with Crippen molar-refractivity contribution in [1.29, 1.82) is 0 Å². The van der Waals surface area contributed by atoms with Crippen LogP contribution in [0.3, 0.4) is 0 Å². The molecule has 3 heterocycles. The molecular weight excluding hydrogens is 514 g/mol. The second-order valence-electron chi connectivity index (χ2n) is 10.6. The Labute approximate surface area is 230 Å². The second-order valence-corrected chi connectivity index (χ2v) is 12.5. The zero-order valence-corrected chi connectivity index (χ0v) is 23.3. The number of rotatable bonds is 8. The third-order valence-electron chi connectivity index (χ3n) is 7.99. The molecule has 0 unspecified atom stereocenters. The standard InChI is InChI=1S/C29H37N5O4S/c1-32-26-11-10-24(39(37,38)34-16-6-3-7-17-34)20-25(26)31-27(32)12-13-28(35)33-18-14-23(15-19-33)29(36)30-21-22-8-4-2-5-9-22/h2,4-5,8-11,20,23H,3,6-7,12-19,21H2,1H3,(H,30,36). The summed E-state index contributed by atoms with van der Waals surface area (Å²) in [4.78, 5) is 32.3. The number of carbonyl (C=O) groups excluding carboxylic acids is 2. The normalized spacial score (nSPS) is 17.4. The van der Waals surface area contributed by atoms with Crippen LogP contribution in [0, 0.1) is 5.92 Å². The van der Waals surface area contributed by atoms with Gasteiger partial charge in [0.2, 0.25) is 21.8 Å². The molecule has 1 N–H and O–H groups in total. The molecule has 0 radical (unpaired) electrons. The molecule has 2 aliphatic heterocycles. The Kier molecular flexibility index (Phi) is 8.32. The van der Waals surface area contributed by atoms with E-state index in [0.717, 1.165) is 36.2 Å². The summed E-state index contributed by atoms with van der Waals surface area (Å²) < 4.78 is 29.7. The van der Waals surface area contributed by atoms with E-state index in [-0.39, 0.29) is 22.6 Å². The number of sulfonamides is 1. The van der Waals surface area contributed by atoms with Crippen molar-refractivity contribution in [2.75, 3.05) is 26.2 Å². The maximum Gasteiger partial charge on any atom is 0.243 e. The van der Waals surface area contributed by atoms with Crippen LogP contribution >= 0.6 is 0 Å². The Morgan fingerprint density at radius 1 is 0.974 bits per heavy atom. The molecule has 208 valence electrons. The number of fused-ring (bicyclic) bond motifs is 1. The molecule has 1 aromatic heterocycles. The number of nitrogens with zero attached hydrogens (tertiary/aromatic N) is 4. The highest BCUT2D eigenvalue weighted by atomic mass is 32.2. The van der Waals surface area contributed by atoms with Crippen molar-refractivity contribution in [2.24, 2.45) is 13.0 Å². The number of amides is 2. The molecule has 5 rings (SSSR count). The van der Waals surface area contributed by atoms with Crippen LogP contribution in [0.25, 0.3) is 11.0 Å². The van der Waals surface area contributed by atoms with Crippen LogP contribution in [0.15, 0.2) is 53.4 Å². The molecule has 0 saturated carbocycles. The molecule has 2 saturated heterocycles. The lowest BCUT2D eigenvalue weighted by Crippen LogP contribution is -2.43. The summed E-state index contributed by atoms with van der Waals surface area (Å²) >= 11 is 0. The van der Waals surface area contributed by atoms with Gasteiger partial charge in [0.05, 0.1) is 15.9 Å². The molecule has 2 aromatic carbocycles. The number of hydrogen-bond donors (Lipinski definition) is 1. The van der Waals surface area contributed by atoms with Gasteiger partial charge in [-0.05, 0) is 49.4 Å². The van der Waals surface area contributed by atoms with E-state index in [9.17, 15) is 18.0 Å². The van der Waals surface area contributed by atoms with Crippen molar-refractivity contribution in [1.82, 2.24) is 24.1 Å². The minimum absolute atomic E-state index is 0.0484. The summed E-state index contributed by atoms with van der Waals surface area (Å²) in [6.07, 6.45) is 4.96. The quantitative estimate of drug-likeness (QED) is 0.463. The van der Waals surface area contributed by atoms with Crippen molar-refractivity contribution in [3.8, 4) is 0 Å². The summed E-state index contributed by atoms with van der Waals surface area (Å²) in [5.41, 5.74) is 2.54. The molecule has 0 spiro atoms. The van der Waals surface area contributed by atoms with E-state index in [4.69, 9.17) is 0 Å². The fraction of sp³-hybridized carbons (Fsp3) is 0.483. The Morgan fingerprint density at radius 2 is 1.69 bits per heavy atom. The minimum atomic E-state index is -3.53. The van der Waals surface area contributed by atoms with E-state index in [1.54, 1.807) is 22.5 Å². The first kappa shape index (κ1) is 27.3. The van der Waals surface area contributed by atoms with E-state index in [1.165, 1.54) is 0 Å². The lowest BCUT2D eigenvalue weighted by Gasteiger charge is -2.31. The van der Waals surface area contributed by atoms with E-state index in [0.29, 0.717) is 63.9 Å². The maximum absolute atomic E-state index is 13.1. The summed E-state index contributed by atoms with van der Waals surface area (Å²) in [7, 11) is -1.63. The molecule has 10 heteroatoms. The van der Waals surface area contributed by atoms with Crippen LogP contribution in [0.4, 0.5) is 0 Å². The third kappa shape index (κ3) is 6.17. The summed E-state index contributed by atoms with van der Waals surface area (Å²) in [5.74, 6) is 0.778. The van der Waals surface area contributed by atoms with Gasteiger partial charge in [-0.15, -0.1) is 0 Å². The molecule has 2 amide bonds. The zero-order valence-electron chi connectivity index (χ0n) is 22.5. The molecular formula is C29H37N5O4S. The number of hydrogen-bond acceptors (Lipinski definition) is 5. The zero-order chi connectivity index (χ0) is 27.4. The van der Waals surface area contributed by atoms with Crippen LogP contribution in [0.2, 0.25) is 0 Å². The van der Waals surface area contributed by atoms with Gasteiger partial charge < -0.3 is 14.8 Å².